The van der Waals surface area contributed by atoms with E-state index >= 15 is 0 Å². The lowest BCUT2D eigenvalue weighted by Crippen LogP contribution is -2.34. The Morgan fingerprint density at radius 3 is 2.80 bits per heavy atom. The smallest absolute Gasteiger partial charge is 0.328 e. The van der Waals surface area contributed by atoms with Crippen molar-refractivity contribution in [2.45, 2.75) is 51.4 Å². The first-order valence-electron chi connectivity index (χ1n) is 9.63. The molecule has 4 N–H and O–H groups in total. The molecule has 2 unspecified atom stereocenters. The van der Waals surface area contributed by atoms with Gasteiger partial charge in [0.25, 0.3) is 0 Å². The van der Waals surface area contributed by atoms with Gasteiger partial charge in [0.2, 0.25) is 0 Å². The van der Waals surface area contributed by atoms with E-state index in [0.29, 0.717) is 46.3 Å². The summed E-state index contributed by atoms with van der Waals surface area (Å²) in [5.74, 6) is -0.0553. The summed E-state index contributed by atoms with van der Waals surface area (Å²) in [4.78, 5) is 16.9. The van der Waals surface area contributed by atoms with Crippen molar-refractivity contribution in [1.82, 2.24) is 0 Å². The zero-order valence-corrected chi connectivity index (χ0v) is 17.9. The quantitative estimate of drug-likeness (QED) is 0.665. The highest BCUT2D eigenvalue weighted by molar-refractivity contribution is 6.31. The van der Waals surface area contributed by atoms with Gasteiger partial charge in [0.15, 0.2) is 6.10 Å². The molecule has 0 aliphatic carbocycles. The number of carbonyl (C=O) groups excluding carboxylic acids is 1. The van der Waals surface area contributed by atoms with Crippen molar-refractivity contribution in [3.63, 3.8) is 0 Å². The van der Waals surface area contributed by atoms with Crippen molar-refractivity contribution in [3.05, 3.63) is 58.4 Å². The summed E-state index contributed by atoms with van der Waals surface area (Å²) in [6, 6.07) is 8.58. The van der Waals surface area contributed by atoms with Gasteiger partial charge >= 0.3 is 5.97 Å². The Morgan fingerprint density at radius 2 is 2.10 bits per heavy atom. The average molecular weight is 434 g/mol. The molecule has 0 saturated heterocycles. The van der Waals surface area contributed by atoms with Crippen molar-refractivity contribution in [2.24, 2.45) is 16.5 Å². The van der Waals surface area contributed by atoms with E-state index in [-0.39, 0.29) is 11.9 Å². The number of halogens is 2. The Hall–Kier alpha value is -2.64. The maximum absolute atomic E-state index is 14.0. The third-order valence-corrected chi connectivity index (χ3v) is 5.34. The number of ether oxygens (including phenoxy) is 2. The van der Waals surface area contributed by atoms with Crippen LogP contribution in [0.25, 0.3) is 0 Å². The van der Waals surface area contributed by atoms with Crippen LogP contribution in [-0.2, 0) is 16.0 Å². The monoisotopic (exact) mass is 433 g/mol. The summed E-state index contributed by atoms with van der Waals surface area (Å²) in [6.45, 7) is 5.30. The van der Waals surface area contributed by atoms with Crippen LogP contribution < -0.4 is 16.2 Å². The molecule has 1 aliphatic rings. The standard InChI is InChI=1S/C22H25ClFN3O3/c1-12-20(26)27-17-11-13(7-8-18(17)29-12)19(25)21(28)30-22(2,3)10-9-14-15(23)5-4-6-16(14)24/h4-8,11-12,19H,9-10,25H2,1-3H3,(H2,26,27). The van der Waals surface area contributed by atoms with Gasteiger partial charge in [-0.25, -0.2) is 14.2 Å². The summed E-state index contributed by atoms with van der Waals surface area (Å²) in [5, 5.41) is 0.347. The molecule has 8 heteroatoms. The summed E-state index contributed by atoms with van der Waals surface area (Å²) in [7, 11) is 0. The Kier molecular flexibility index (Phi) is 6.33. The predicted octanol–water partition coefficient (Wildman–Crippen LogP) is 4.20. The lowest BCUT2D eigenvalue weighted by molar-refractivity contribution is -0.158. The van der Waals surface area contributed by atoms with Crippen molar-refractivity contribution in [3.8, 4) is 5.75 Å². The highest BCUT2D eigenvalue weighted by Crippen LogP contribution is 2.34. The molecule has 160 valence electrons. The molecule has 2 aromatic rings. The Morgan fingerprint density at radius 1 is 1.37 bits per heavy atom. The zero-order chi connectivity index (χ0) is 22.1. The topological polar surface area (TPSA) is 99.9 Å². The van der Waals surface area contributed by atoms with E-state index in [1.807, 2.05) is 0 Å². The van der Waals surface area contributed by atoms with Crippen LogP contribution in [0, 0.1) is 5.82 Å². The van der Waals surface area contributed by atoms with Crippen LogP contribution in [0.5, 0.6) is 5.75 Å². The fourth-order valence-corrected chi connectivity index (χ4v) is 3.37. The number of nitrogens with zero attached hydrogens (tertiary/aromatic N) is 1. The van der Waals surface area contributed by atoms with E-state index in [9.17, 15) is 9.18 Å². The minimum Gasteiger partial charge on any atom is -0.481 e. The summed E-state index contributed by atoms with van der Waals surface area (Å²) < 4.78 is 25.3. The third-order valence-electron chi connectivity index (χ3n) is 4.98. The largest absolute Gasteiger partial charge is 0.481 e. The molecule has 0 radical (unpaired) electrons. The lowest BCUT2D eigenvalue weighted by Gasteiger charge is -2.27. The maximum atomic E-state index is 14.0. The summed E-state index contributed by atoms with van der Waals surface area (Å²) in [5.41, 5.74) is 12.5. The van der Waals surface area contributed by atoms with E-state index in [2.05, 4.69) is 4.99 Å². The zero-order valence-electron chi connectivity index (χ0n) is 17.1. The molecule has 0 saturated carbocycles. The number of hydrogen-bond donors (Lipinski definition) is 2. The molecule has 0 fully saturated rings. The van der Waals surface area contributed by atoms with Gasteiger partial charge in [0.05, 0.1) is 0 Å². The molecule has 0 bridgehead atoms. The molecule has 0 amide bonds. The van der Waals surface area contributed by atoms with Crippen LogP contribution in [0.3, 0.4) is 0 Å². The second-order valence-electron chi connectivity index (χ2n) is 7.88. The molecule has 3 rings (SSSR count). The Balaban J connectivity index is 1.67. The van der Waals surface area contributed by atoms with E-state index in [1.54, 1.807) is 51.1 Å². The maximum Gasteiger partial charge on any atom is 0.328 e. The molecule has 2 aromatic carbocycles. The van der Waals surface area contributed by atoms with Gasteiger partial charge in [-0.2, -0.15) is 0 Å². The molecule has 0 aromatic heterocycles. The molecule has 1 aliphatic heterocycles. The molecular formula is C22H25ClFN3O3. The average Bonchev–Trinajstić information content (AvgIpc) is 2.67. The van der Waals surface area contributed by atoms with E-state index in [4.69, 9.17) is 32.5 Å². The number of fused-ring (bicyclic) bond motifs is 1. The fourth-order valence-electron chi connectivity index (χ4n) is 3.12. The van der Waals surface area contributed by atoms with Crippen molar-refractivity contribution < 1.29 is 18.7 Å². The van der Waals surface area contributed by atoms with Crippen LogP contribution in [0.4, 0.5) is 10.1 Å². The van der Waals surface area contributed by atoms with Crippen molar-refractivity contribution in [2.75, 3.05) is 0 Å². The van der Waals surface area contributed by atoms with Crippen LogP contribution in [-0.4, -0.2) is 23.5 Å². The van der Waals surface area contributed by atoms with Crippen molar-refractivity contribution in [1.29, 1.82) is 0 Å². The first kappa shape index (κ1) is 22.1. The number of rotatable bonds is 6. The van der Waals surface area contributed by atoms with Crippen LogP contribution in [0.15, 0.2) is 41.4 Å². The SMILES string of the molecule is CC1Oc2ccc(C(N)C(=O)OC(C)(C)CCc3c(F)cccc3Cl)cc2N=C1N. The normalized spacial score (nSPS) is 16.9. The first-order chi connectivity index (χ1) is 14.1. The molecule has 0 spiro atoms. The molecule has 6 nitrogen and oxygen atoms in total. The summed E-state index contributed by atoms with van der Waals surface area (Å²) >= 11 is 6.07. The number of esters is 1. The van der Waals surface area contributed by atoms with Crippen LogP contribution >= 0.6 is 11.6 Å². The van der Waals surface area contributed by atoms with Gasteiger partial charge in [-0.3, -0.25) is 0 Å². The second kappa shape index (κ2) is 8.62. The predicted molar refractivity (Wildman–Crippen MR) is 115 cm³/mol. The van der Waals surface area contributed by atoms with E-state index in [0.717, 1.165) is 0 Å². The molecule has 2 atom stereocenters. The van der Waals surface area contributed by atoms with Gasteiger partial charge in [0.1, 0.15) is 34.7 Å². The lowest BCUT2D eigenvalue weighted by atomic mass is 9.97. The minimum atomic E-state index is -1.01. The van der Waals surface area contributed by atoms with Gasteiger partial charge in [-0.1, -0.05) is 23.7 Å². The first-order valence-corrected chi connectivity index (χ1v) is 10.0. The number of amidine groups is 1. The van der Waals surface area contributed by atoms with Crippen LogP contribution in [0.2, 0.25) is 5.02 Å². The van der Waals surface area contributed by atoms with E-state index in [1.165, 1.54) is 6.07 Å². The van der Waals surface area contributed by atoms with Crippen LogP contribution in [0.1, 0.15) is 44.4 Å². The van der Waals surface area contributed by atoms with Gasteiger partial charge in [-0.05, 0) is 63.4 Å². The summed E-state index contributed by atoms with van der Waals surface area (Å²) in [6.07, 6.45) is 0.387. The molecule has 30 heavy (non-hydrogen) atoms. The number of nitrogens with two attached hydrogens (primary N) is 2. The van der Waals surface area contributed by atoms with Crippen molar-refractivity contribution >= 4 is 29.1 Å². The number of hydrogen-bond acceptors (Lipinski definition) is 6. The van der Waals surface area contributed by atoms with Gasteiger partial charge < -0.3 is 20.9 Å². The third kappa shape index (κ3) is 4.91. The molecular weight excluding hydrogens is 409 g/mol. The fraction of sp³-hybridized carbons (Fsp3) is 0.364. The minimum absolute atomic E-state index is 0.314. The number of carbonyl (C=O) groups is 1. The second-order valence-corrected chi connectivity index (χ2v) is 8.29. The Labute approximate surface area is 180 Å². The van der Waals surface area contributed by atoms with Gasteiger partial charge in [0, 0.05) is 10.6 Å². The highest BCUT2D eigenvalue weighted by Gasteiger charge is 2.29. The van der Waals surface area contributed by atoms with E-state index < -0.39 is 17.6 Å². The Bertz CT molecular complexity index is 973. The number of aliphatic imine (C=N–C) groups is 1. The highest BCUT2D eigenvalue weighted by atomic mass is 35.5. The molecule has 1 heterocycles. The van der Waals surface area contributed by atoms with Gasteiger partial charge in [-0.15, -0.1) is 0 Å². The number of benzene rings is 2.